The van der Waals surface area contributed by atoms with Crippen molar-refractivity contribution in [2.75, 3.05) is 13.7 Å². The minimum atomic E-state index is -0.404. The Morgan fingerprint density at radius 2 is 2.10 bits per heavy atom. The molecule has 0 fully saturated rings. The number of ether oxygens (including phenoxy) is 2. The van der Waals surface area contributed by atoms with Crippen LogP contribution < -0.4 is 15.4 Å². The van der Waals surface area contributed by atoms with Crippen molar-refractivity contribution < 1.29 is 14.3 Å². The fourth-order valence-electron chi connectivity index (χ4n) is 2.26. The molecule has 1 aliphatic rings. The first-order chi connectivity index (χ1) is 10.1. The summed E-state index contributed by atoms with van der Waals surface area (Å²) in [4.78, 5) is 12.0. The van der Waals surface area contributed by atoms with Gasteiger partial charge in [0.15, 0.2) is 5.11 Å². The Morgan fingerprint density at radius 3 is 2.76 bits per heavy atom. The summed E-state index contributed by atoms with van der Waals surface area (Å²) in [5.41, 5.74) is 2.12. The molecule has 6 heteroatoms. The lowest BCUT2D eigenvalue weighted by Gasteiger charge is -2.30. The molecule has 0 radical (unpaired) electrons. The molecule has 2 N–H and O–H groups in total. The van der Waals surface area contributed by atoms with Crippen LogP contribution in [0.3, 0.4) is 0 Å². The molecule has 2 rings (SSSR count). The average molecular weight is 306 g/mol. The fraction of sp³-hybridized carbons (Fsp3) is 0.333. The van der Waals surface area contributed by atoms with Crippen LogP contribution >= 0.6 is 12.2 Å². The summed E-state index contributed by atoms with van der Waals surface area (Å²) in [6.07, 6.45) is 0. The molecule has 0 spiro atoms. The van der Waals surface area contributed by atoms with Crippen LogP contribution in [0.5, 0.6) is 5.75 Å². The van der Waals surface area contributed by atoms with E-state index < -0.39 is 5.97 Å². The van der Waals surface area contributed by atoms with Gasteiger partial charge in [-0.3, -0.25) is 0 Å². The van der Waals surface area contributed by atoms with Crippen molar-refractivity contribution in [3.63, 3.8) is 0 Å². The Kier molecular flexibility index (Phi) is 4.80. The largest absolute Gasteiger partial charge is 0.496 e. The summed E-state index contributed by atoms with van der Waals surface area (Å²) in [5.74, 6) is 0.334. The number of carbonyl (C=O) groups is 1. The second-order valence-electron chi connectivity index (χ2n) is 4.55. The summed E-state index contributed by atoms with van der Waals surface area (Å²) in [6, 6.07) is 7.40. The topological polar surface area (TPSA) is 59.6 Å². The first kappa shape index (κ1) is 15.3. The maximum absolute atomic E-state index is 12.0. The predicted octanol–water partition coefficient (Wildman–Crippen LogP) is 2.05. The van der Waals surface area contributed by atoms with E-state index in [4.69, 9.17) is 21.7 Å². The van der Waals surface area contributed by atoms with Crippen LogP contribution in [0.2, 0.25) is 0 Å². The monoisotopic (exact) mass is 306 g/mol. The molecule has 1 aromatic rings. The van der Waals surface area contributed by atoms with E-state index in [2.05, 4.69) is 10.6 Å². The van der Waals surface area contributed by atoms with Crippen molar-refractivity contribution in [3.05, 3.63) is 41.1 Å². The Bertz CT molecular complexity index is 598. The first-order valence-electron chi connectivity index (χ1n) is 6.66. The molecule has 112 valence electrons. The highest BCUT2D eigenvalue weighted by atomic mass is 32.1. The zero-order valence-electron chi connectivity index (χ0n) is 12.2. The zero-order chi connectivity index (χ0) is 15.4. The summed E-state index contributed by atoms with van der Waals surface area (Å²) < 4.78 is 10.4. The maximum Gasteiger partial charge on any atom is 0.354 e. The van der Waals surface area contributed by atoms with E-state index in [0.717, 1.165) is 16.9 Å². The fourth-order valence-corrected chi connectivity index (χ4v) is 2.48. The summed E-state index contributed by atoms with van der Waals surface area (Å²) >= 11 is 5.19. The highest BCUT2D eigenvalue weighted by Gasteiger charge is 2.29. The molecular formula is C15H18N2O3S. The van der Waals surface area contributed by atoms with Crippen molar-refractivity contribution >= 4 is 23.3 Å². The molecular weight excluding hydrogens is 288 g/mol. The van der Waals surface area contributed by atoms with Gasteiger partial charge in [0.2, 0.25) is 0 Å². The standard InChI is InChI=1S/C15H18N2O3S/c1-4-20-14(18)13-9(2)12(16-15(21)17-13)10-7-5-6-8-11(10)19-3/h5-8,12H,4H2,1-3H3,(H2,16,17,21)/t12-/m1/s1. The normalized spacial score (nSPS) is 17.9. The van der Waals surface area contributed by atoms with E-state index in [-0.39, 0.29) is 6.04 Å². The lowest BCUT2D eigenvalue weighted by Crippen LogP contribution is -2.45. The third-order valence-corrected chi connectivity index (χ3v) is 3.49. The number of methoxy groups -OCH3 is 1. The Hall–Kier alpha value is -2.08. The molecule has 1 heterocycles. The smallest absolute Gasteiger partial charge is 0.354 e. The highest BCUT2D eigenvalue weighted by Crippen LogP contribution is 2.32. The minimum Gasteiger partial charge on any atom is -0.496 e. The van der Waals surface area contributed by atoms with Gasteiger partial charge in [-0.05, 0) is 37.7 Å². The summed E-state index contributed by atoms with van der Waals surface area (Å²) in [6.45, 7) is 3.95. The van der Waals surface area contributed by atoms with Gasteiger partial charge in [-0.2, -0.15) is 0 Å². The van der Waals surface area contributed by atoms with Crippen LogP contribution in [-0.2, 0) is 9.53 Å². The van der Waals surface area contributed by atoms with Gasteiger partial charge in [-0.1, -0.05) is 18.2 Å². The van der Waals surface area contributed by atoms with Crippen molar-refractivity contribution in [3.8, 4) is 5.75 Å². The zero-order valence-corrected chi connectivity index (χ0v) is 13.0. The van der Waals surface area contributed by atoms with Crippen LogP contribution in [-0.4, -0.2) is 24.8 Å². The van der Waals surface area contributed by atoms with Crippen LogP contribution in [0.25, 0.3) is 0 Å². The number of benzene rings is 1. The number of rotatable bonds is 4. The van der Waals surface area contributed by atoms with E-state index in [9.17, 15) is 4.79 Å². The SMILES string of the molecule is CCOC(=O)C1=C(C)[C@H](c2ccccc2OC)NC(=S)N1. The number of para-hydroxylation sites is 1. The number of carbonyl (C=O) groups excluding carboxylic acids is 1. The van der Waals surface area contributed by atoms with E-state index in [1.165, 1.54) is 0 Å². The molecule has 1 atom stereocenters. The third kappa shape index (κ3) is 3.16. The molecule has 0 bridgehead atoms. The van der Waals surface area contributed by atoms with Crippen LogP contribution in [0.1, 0.15) is 25.5 Å². The lowest BCUT2D eigenvalue weighted by molar-refractivity contribution is -0.138. The molecule has 0 saturated heterocycles. The molecule has 0 unspecified atom stereocenters. The van der Waals surface area contributed by atoms with Gasteiger partial charge in [0.05, 0.1) is 19.8 Å². The van der Waals surface area contributed by atoms with Gasteiger partial charge in [0.1, 0.15) is 11.4 Å². The Labute approximate surface area is 129 Å². The highest BCUT2D eigenvalue weighted by molar-refractivity contribution is 7.80. The second kappa shape index (κ2) is 6.58. The van der Waals surface area contributed by atoms with Crippen molar-refractivity contribution in [1.82, 2.24) is 10.6 Å². The van der Waals surface area contributed by atoms with Crippen molar-refractivity contribution in [1.29, 1.82) is 0 Å². The van der Waals surface area contributed by atoms with E-state index >= 15 is 0 Å². The van der Waals surface area contributed by atoms with Crippen molar-refractivity contribution in [2.45, 2.75) is 19.9 Å². The van der Waals surface area contributed by atoms with Gasteiger partial charge in [-0.15, -0.1) is 0 Å². The van der Waals surface area contributed by atoms with Crippen LogP contribution in [0.4, 0.5) is 0 Å². The molecule has 0 aromatic heterocycles. The number of hydrogen-bond acceptors (Lipinski definition) is 4. The number of hydrogen-bond donors (Lipinski definition) is 2. The quantitative estimate of drug-likeness (QED) is 0.656. The summed E-state index contributed by atoms with van der Waals surface area (Å²) in [5, 5.41) is 6.42. The third-order valence-electron chi connectivity index (χ3n) is 3.27. The number of thiocarbonyl (C=S) groups is 1. The first-order valence-corrected chi connectivity index (χ1v) is 7.07. The minimum absolute atomic E-state index is 0.227. The van der Waals surface area contributed by atoms with Crippen LogP contribution in [0.15, 0.2) is 35.5 Å². The predicted molar refractivity (Wildman–Crippen MR) is 83.9 cm³/mol. The maximum atomic E-state index is 12.0. The molecule has 0 aliphatic carbocycles. The number of esters is 1. The summed E-state index contributed by atoms with van der Waals surface area (Å²) in [7, 11) is 1.61. The number of nitrogens with one attached hydrogen (secondary N) is 2. The molecule has 5 nitrogen and oxygen atoms in total. The van der Waals surface area contributed by atoms with E-state index in [1.54, 1.807) is 14.0 Å². The molecule has 0 saturated carbocycles. The van der Waals surface area contributed by atoms with Gasteiger partial charge >= 0.3 is 5.97 Å². The Morgan fingerprint density at radius 1 is 1.38 bits per heavy atom. The van der Waals surface area contributed by atoms with E-state index in [0.29, 0.717) is 17.4 Å². The second-order valence-corrected chi connectivity index (χ2v) is 4.96. The van der Waals surface area contributed by atoms with Gasteiger partial charge in [0.25, 0.3) is 0 Å². The van der Waals surface area contributed by atoms with E-state index in [1.807, 2.05) is 31.2 Å². The lowest BCUT2D eigenvalue weighted by atomic mass is 9.96. The average Bonchev–Trinajstić information content (AvgIpc) is 2.49. The molecule has 1 aromatic carbocycles. The Balaban J connectivity index is 2.45. The van der Waals surface area contributed by atoms with Gasteiger partial charge in [0, 0.05) is 5.56 Å². The molecule has 1 aliphatic heterocycles. The van der Waals surface area contributed by atoms with Crippen molar-refractivity contribution in [2.24, 2.45) is 0 Å². The van der Waals surface area contributed by atoms with Gasteiger partial charge < -0.3 is 20.1 Å². The molecule has 21 heavy (non-hydrogen) atoms. The van der Waals surface area contributed by atoms with Gasteiger partial charge in [-0.25, -0.2) is 4.79 Å². The molecule has 0 amide bonds. The van der Waals surface area contributed by atoms with Crippen LogP contribution in [0, 0.1) is 0 Å².